The standard InChI is InChI=1S/C14H17F2N3/c15-14(16,7-10-2-1-5-17-8-10)11-3-4-12-13(6-11)19-9-18-12/h3-4,6,9-10,17H,1-2,5,7-8H2,(H,18,19). The van der Waals surface area contributed by atoms with Crippen LogP contribution in [0.25, 0.3) is 11.0 Å². The van der Waals surface area contributed by atoms with E-state index in [2.05, 4.69) is 15.3 Å². The number of hydrogen-bond donors (Lipinski definition) is 2. The Morgan fingerprint density at radius 3 is 3.05 bits per heavy atom. The van der Waals surface area contributed by atoms with E-state index in [0.29, 0.717) is 12.1 Å². The van der Waals surface area contributed by atoms with Crippen LogP contribution >= 0.6 is 0 Å². The van der Waals surface area contributed by atoms with Crippen molar-refractivity contribution in [1.29, 1.82) is 0 Å². The molecule has 1 aliphatic rings. The van der Waals surface area contributed by atoms with Gasteiger partial charge in [0, 0.05) is 12.0 Å². The Labute approximate surface area is 110 Å². The number of aromatic amines is 1. The molecule has 0 spiro atoms. The lowest BCUT2D eigenvalue weighted by Gasteiger charge is -2.27. The quantitative estimate of drug-likeness (QED) is 0.895. The molecule has 1 aromatic heterocycles. The second-order valence-electron chi connectivity index (χ2n) is 5.26. The van der Waals surface area contributed by atoms with Crippen LogP contribution in [0.5, 0.6) is 0 Å². The summed E-state index contributed by atoms with van der Waals surface area (Å²) in [5.41, 5.74) is 1.47. The van der Waals surface area contributed by atoms with E-state index in [1.165, 1.54) is 18.5 Å². The van der Waals surface area contributed by atoms with Gasteiger partial charge in [-0.1, -0.05) is 6.07 Å². The first kappa shape index (κ1) is 12.5. The number of nitrogens with one attached hydrogen (secondary N) is 2. The van der Waals surface area contributed by atoms with Gasteiger partial charge in [-0.05, 0) is 44.0 Å². The van der Waals surface area contributed by atoms with Crippen molar-refractivity contribution in [2.24, 2.45) is 5.92 Å². The molecule has 2 aromatic rings. The maximum atomic E-state index is 14.3. The summed E-state index contributed by atoms with van der Waals surface area (Å²) in [6.07, 6.45) is 3.31. The van der Waals surface area contributed by atoms with E-state index in [-0.39, 0.29) is 17.9 Å². The molecule has 0 aliphatic carbocycles. The second kappa shape index (κ2) is 4.89. The molecule has 0 saturated carbocycles. The summed E-state index contributed by atoms with van der Waals surface area (Å²) in [7, 11) is 0. The predicted octanol–water partition coefficient (Wildman–Crippen LogP) is 3.04. The highest BCUT2D eigenvalue weighted by Gasteiger charge is 2.35. The Morgan fingerprint density at radius 2 is 2.26 bits per heavy atom. The van der Waals surface area contributed by atoms with Crippen LogP contribution in [0.3, 0.4) is 0 Å². The van der Waals surface area contributed by atoms with Gasteiger partial charge in [0.15, 0.2) is 0 Å². The average Bonchev–Trinajstić information content (AvgIpc) is 2.86. The molecule has 3 nitrogen and oxygen atoms in total. The second-order valence-corrected chi connectivity index (χ2v) is 5.26. The predicted molar refractivity (Wildman–Crippen MR) is 70.2 cm³/mol. The Kier molecular flexibility index (Phi) is 3.22. The molecule has 5 heteroatoms. The van der Waals surface area contributed by atoms with Crippen molar-refractivity contribution in [3.05, 3.63) is 30.1 Å². The molecular weight excluding hydrogens is 248 g/mol. The first-order valence-corrected chi connectivity index (χ1v) is 6.67. The number of rotatable bonds is 3. The molecule has 2 N–H and O–H groups in total. The summed E-state index contributed by atoms with van der Waals surface area (Å²) in [5.74, 6) is -2.72. The molecule has 102 valence electrons. The van der Waals surface area contributed by atoms with E-state index in [4.69, 9.17) is 0 Å². The van der Waals surface area contributed by atoms with E-state index >= 15 is 0 Å². The summed E-state index contributed by atoms with van der Waals surface area (Å²) in [6.45, 7) is 1.64. The van der Waals surface area contributed by atoms with E-state index in [9.17, 15) is 8.78 Å². The third-order valence-corrected chi connectivity index (χ3v) is 3.79. The number of hydrogen-bond acceptors (Lipinski definition) is 2. The van der Waals surface area contributed by atoms with Gasteiger partial charge in [0.05, 0.1) is 17.4 Å². The molecule has 0 amide bonds. The highest BCUT2D eigenvalue weighted by Crippen LogP contribution is 2.37. The number of piperidine rings is 1. The highest BCUT2D eigenvalue weighted by atomic mass is 19.3. The lowest BCUT2D eigenvalue weighted by molar-refractivity contribution is -0.0316. The van der Waals surface area contributed by atoms with Crippen LogP contribution < -0.4 is 5.32 Å². The van der Waals surface area contributed by atoms with Crippen molar-refractivity contribution in [2.75, 3.05) is 13.1 Å². The van der Waals surface area contributed by atoms with Gasteiger partial charge < -0.3 is 10.3 Å². The van der Waals surface area contributed by atoms with Crippen LogP contribution in [0.1, 0.15) is 24.8 Å². The first-order chi connectivity index (χ1) is 9.15. The molecule has 1 saturated heterocycles. The first-order valence-electron chi connectivity index (χ1n) is 6.67. The van der Waals surface area contributed by atoms with Gasteiger partial charge in [-0.2, -0.15) is 0 Å². The SMILES string of the molecule is FC(F)(CC1CCCNC1)c1ccc2nc[nH]c2c1. The summed E-state index contributed by atoms with van der Waals surface area (Å²) >= 11 is 0. The third-order valence-electron chi connectivity index (χ3n) is 3.79. The number of fused-ring (bicyclic) bond motifs is 1. The van der Waals surface area contributed by atoms with Gasteiger partial charge in [-0.3, -0.25) is 0 Å². The van der Waals surface area contributed by atoms with Gasteiger partial charge in [0.2, 0.25) is 0 Å². The molecular formula is C14H17F2N3. The number of alkyl halides is 2. The number of nitrogens with zero attached hydrogens (tertiary/aromatic N) is 1. The van der Waals surface area contributed by atoms with Crippen molar-refractivity contribution < 1.29 is 8.78 Å². The van der Waals surface area contributed by atoms with E-state index < -0.39 is 5.92 Å². The largest absolute Gasteiger partial charge is 0.345 e. The summed E-state index contributed by atoms with van der Waals surface area (Å²) < 4.78 is 28.6. The minimum absolute atomic E-state index is 0.0567. The minimum atomic E-state index is -2.77. The lowest BCUT2D eigenvalue weighted by atomic mass is 9.90. The summed E-state index contributed by atoms with van der Waals surface area (Å²) in [4.78, 5) is 6.93. The van der Waals surface area contributed by atoms with Crippen molar-refractivity contribution in [3.63, 3.8) is 0 Å². The maximum Gasteiger partial charge on any atom is 0.273 e. The fourth-order valence-corrected chi connectivity index (χ4v) is 2.74. The highest BCUT2D eigenvalue weighted by molar-refractivity contribution is 5.75. The Hall–Kier alpha value is -1.49. The molecule has 19 heavy (non-hydrogen) atoms. The normalized spacial score (nSPS) is 20.8. The van der Waals surface area contributed by atoms with Crippen molar-refractivity contribution in [1.82, 2.24) is 15.3 Å². The number of halogens is 2. The Balaban J connectivity index is 1.81. The zero-order valence-electron chi connectivity index (χ0n) is 10.6. The van der Waals surface area contributed by atoms with Crippen molar-refractivity contribution in [3.8, 4) is 0 Å². The van der Waals surface area contributed by atoms with Crippen LogP contribution in [-0.4, -0.2) is 23.1 Å². The van der Waals surface area contributed by atoms with Gasteiger partial charge in [-0.25, -0.2) is 13.8 Å². The van der Waals surface area contributed by atoms with E-state index in [1.54, 1.807) is 6.07 Å². The number of benzene rings is 1. The van der Waals surface area contributed by atoms with E-state index in [1.807, 2.05) is 0 Å². The molecule has 1 atom stereocenters. The van der Waals surface area contributed by atoms with Gasteiger partial charge in [0.25, 0.3) is 5.92 Å². The monoisotopic (exact) mass is 265 g/mol. The van der Waals surface area contributed by atoms with Crippen LogP contribution in [0.4, 0.5) is 8.78 Å². The fourth-order valence-electron chi connectivity index (χ4n) is 2.74. The molecule has 2 heterocycles. The third kappa shape index (κ3) is 2.61. The summed E-state index contributed by atoms with van der Waals surface area (Å²) in [5, 5.41) is 3.18. The lowest BCUT2D eigenvalue weighted by Crippen LogP contribution is -2.33. The van der Waals surface area contributed by atoms with Crippen LogP contribution in [0.15, 0.2) is 24.5 Å². The van der Waals surface area contributed by atoms with Crippen LogP contribution in [0, 0.1) is 5.92 Å². The zero-order chi connectivity index (χ0) is 13.3. The Morgan fingerprint density at radius 1 is 1.37 bits per heavy atom. The fraction of sp³-hybridized carbons (Fsp3) is 0.500. The average molecular weight is 265 g/mol. The molecule has 1 aromatic carbocycles. The zero-order valence-corrected chi connectivity index (χ0v) is 10.6. The molecule has 3 rings (SSSR count). The smallest absolute Gasteiger partial charge is 0.273 e. The van der Waals surface area contributed by atoms with Gasteiger partial charge >= 0.3 is 0 Å². The topological polar surface area (TPSA) is 40.7 Å². The number of H-pyrrole nitrogens is 1. The van der Waals surface area contributed by atoms with E-state index in [0.717, 1.165) is 24.9 Å². The number of aromatic nitrogens is 2. The molecule has 1 unspecified atom stereocenters. The molecule has 1 aliphatic heterocycles. The van der Waals surface area contributed by atoms with Crippen molar-refractivity contribution >= 4 is 11.0 Å². The van der Waals surface area contributed by atoms with Crippen LogP contribution in [-0.2, 0) is 5.92 Å². The molecule has 0 bridgehead atoms. The number of imidazole rings is 1. The van der Waals surface area contributed by atoms with Crippen LogP contribution in [0.2, 0.25) is 0 Å². The van der Waals surface area contributed by atoms with Gasteiger partial charge in [-0.15, -0.1) is 0 Å². The summed E-state index contributed by atoms with van der Waals surface area (Å²) in [6, 6.07) is 4.65. The van der Waals surface area contributed by atoms with Crippen molar-refractivity contribution in [2.45, 2.75) is 25.2 Å². The minimum Gasteiger partial charge on any atom is -0.345 e. The van der Waals surface area contributed by atoms with Gasteiger partial charge in [0.1, 0.15) is 0 Å². The maximum absolute atomic E-state index is 14.3. The Bertz CT molecular complexity index is 559. The molecule has 0 radical (unpaired) electrons. The molecule has 1 fully saturated rings.